The Morgan fingerprint density at radius 3 is 1.37 bits per heavy atom. The molecule has 0 fully saturated rings. The molecular weight excluding hydrogens is 714 g/mol. The molecule has 0 radical (unpaired) electrons. The molecule has 13 nitrogen and oxygen atoms in total. The quantitative estimate of drug-likeness (QED) is 0.0210. The highest BCUT2D eigenvalue weighted by molar-refractivity contribution is 8.76. The number of hydrogen-bond acceptors (Lipinski definition) is 13. The number of unbranched alkanes of at least 4 members (excludes halogenated alkanes) is 4. The summed E-state index contributed by atoms with van der Waals surface area (Å²) in [5.41, 5.74) is 0.0757. The van der Waals surface area contributed by atoms with Crippen LogP contribution in [0.1, 0.15) is 119 Å². The van der Waals surface area contributed by atoms with Crippen LogP contribution in [0.15, 0.2) is 0 Å². The average molecular weight is 781 g/mol. The minimum absolute atomic E-state index is 0.0492. The third-order valence-electron chi connectivity index (χ3n) is 6.14. The molecule has 0 aromatic rings. The lowest BCUT2D eigenvalue weighted by atomic mass is 10.1. The summed E-state index contributed by atoms with van der Waals surface area (Å²) in [5, 5.41) is 16.3. The zero-order chi connectivity index (χ0) is 37.1. The van der Waals surface area contributed by atoms with Crippen LogP contribution in [0.25, 0.3) is 0 Å². The van der Waals surface area contributed by atoms with Crippen molar-refractivity contribution < 1.29 is 51.2 Å². The molecule has 0 saturated carbocycles. The second-order valence-electron chi connectivity index (χ2n) is 13.5. The summed E-state index contributed by atoms with van der Waals surface area (Å²) in [6.45, 7) is 12.7. The van der Waals surface area contributed by atoms with Crippen LogP contribution in [0.5, 0.6) is 0 Å². The number of rotatable bonds is 34. The molecule has 4 N–H and O–H groups in total. The Bertz CT molecular complexity index is 966. The second-order valence-corrected chi connectivity index (χ2v) is 19.0. The molecule has 0 bridgehead atoms. The molecule has 17 heteroatoms. The second kappa shape index (κ2) is 28.6. The van der Waals surface area contributed by atoms with Gasteiger partial charge in [-0.15, -0.1) is 0 Å². The standard InChI is InChI=1S/C32H66N2O11P2S2/c1-31(2,3)44-46(35,36)42-20-11-9-7-8-10-15-29(33)17-13-27-48-49-28-14-18-30(34)16-12-19-39-21-22-40-23-24-41-25-26-43-47(37,38)45-32(4,5)6/h33-34H,7-28H2,1-6H3,(H,35,36)(H,37,38). The SMILES string of the molecule is CC(C)(C)OP(=O)(O)OCCCCCCCC(=N)CCCSSCCCC(=N)CCCOCCOCCOCCOP(=O)(O)OC(C)(C)C. The first-order valence-corrected chi connectivity index (χ1v) is 22.9. The van der Waals surface area contributed by atoms with Crippen molar-refractivity contribution in [3.63, 3.8) is 0 Å². The third-order valence-corrected chi connectivity index (χ3v) is 11.3. The van der Waals surface area contributed by atoms with Crippen molar-refractivity contribution in [2.24, 2.45) is 0 Å². The van der Waals surface area contributed by atoms with Gasteiger partial charge in [0.1, 0.15) is 0 Å². The first-order chi connectivity index (χ1) is 22.9. The number of phosphoric acid groups is 2. The zero-order valence-corrected chi connectivity index (χ0v) is 34.3. The Labute approximate surface area is 304 Å². The predicted octanol–water partition coefficient (Wildman–Crippen LogP) is 9.00. The molecule has 0 spiro atoms. The van der Waals surface area contributed by atoms with Gasteiger partial charge < -0.3 is 34.8 Å². The van der Waals surface area contributed by atoms with Gasteiger partial charge >= 0.3 is 15.6 Å². The van der Waals surface area contributed by atoms with Crippen molar-refractivity contribution in [2.45, 2.75) is 130 Å². The van der Waals surface area contributed by atoms with Crippen LogP contribution in [-0.4, -0.2) is 96.8 Å². The van der Waals surface area contributed by atoms with Crippen LogP contribution in [-0.2, 0) is 41.4 Å². The highest BCUT2D eigenvalue weighted by atomic mass is 33.1. The van der Waals surface area contributed by atoms with Gasteiger partial charge in [-0.25, -0.2) is 9.13 Å². The van der Waals surface area contributed by atoms with E-state index in [1.807, 2.05) is 21.6 Å². The molecule has 49 heavy (non-hydrogen) atoms. The van der Waals surface area contributed by atoms with E-state index in [1.54, 1.807) is 41.5 Å². The van der Waals surface area contributed by atoms with Crippen molar-refractivity contribution in [1.29, 1.82) is 10.8 Å². The fourth-order valence-corrected chi connectivity index (χ4v) is 8.42. The molecule has 0 amide bonds. The van der Waals surface area contributed by atoms with E-state index < -0.39 is 26.8 Å². The Morgan fingerprint density at radius 1 is 0.510 bits per heavy atom. The van der Waals surface area contributed by atoms with Crippen molar-refractivity contribution in [1.82, 2.24) is 0 Å². The van der Waals surface area contributed by atoms with Crippen molar-refractivity contribution in [3.05, 3.63) is 0 Å². The maximum absolute atomic E-state index is 11.8. The smallest absolute Gasteiger partial charge is 0.379 e. The summed E-state index contributed by atoms with van der Waals surface area (Å²) in [7, 11) is -4.38. The number of nitrogens with one attached hydrogen (secondary N) is 2. The van der Waals surface area contributed by atoms with Crippen molar-refractivity contribution >= 4 is 48.7 Å². The van der Waals surface area contributed by atoms with Gasteiger partial charge in [0.2, 0.25) is 0 Å². The van der Waals surface area contributed by atoms with E-state index in [2.05, 4.69) is 0 Å². The fourth-order valence-electron chi connectivity index (χ4n) is 4.09. The van der Waals surface area contributed by atoms with Crippen molar-refractivity contribution in [2.75, 3.05) is 64.4 Å². The molecule has 0 aliphatic carbocycles. The van der Waals surface area contributed by atoms with Crippen LogP contribution in [0.3, 0.4) is 0 Å². The number of hydrogen-bond donors (Lipinski definition) is 4. The molecular formula is C32H66N2O11P2S2. The van der Waals surface area contributed by atoms with E-state index in [0.29, 0.717) is 39.5 Å². The van der Waals surface area contributed by atoms with Gasteiger partial charge in [-0.3, -0.25) is 18.1 Å². The zero-order valence-electron chi connectivity index (χ0n) is 30.8. The van der Waals surface area contributed by atoms with Gasteiger partial charge in [-0.2, -0.15) is 0 Å². The Kier molecular flexibility index (Phi) is 28.7. The van der Waals surface area contributed by atoms with Crippen LogP contribution in [0, 0.1) is 10.8 Å². The topological polar surface area (TPSA) is 187 Å². The maximum atomic E-state index is 11.8. The fraction of sp³-hybridized carbons (Fsp3) is 0.938. The summed E-state index contributed by atoms with van der Waals surface area (Å²) >= 11 is 0. The lowest BCUT2D eigenvalue weighted by molar-refractivity contribution is 0.00287. The first-order valence-electron chi connectivity index (χ1n) is 17.4. The average Bonchev–Trinajstić information content (AvgIpc) is 2.95. The largest absolute Gasteiger partial charge is 0.472 e. The van der Waals surface area contributed by atoms with Gasteiger partial charge in [0.25, 0.3) is 0 Å². The summed E-state index contributed by atoms with van der Waals surface area (Å²) < 4.78 is 59.8. The molecule has 0 aromatic heterocycles. The lowest BCUT2D eigenvalue weighted by Gasteiger charge is -2.22. The molecule has 0 aliphatic rings. The molecule has 2 unspecified atom stereocenters. The van der Waals surface area contributed by atoms with E-state index in [9.17, 15) is 18.9 Å². The predicted molar refractivity (Wildman–Crippen MR) is 201 cm³/mol. The van der Waals surface area contributed by atoms with Crippen LogP contribution >= 0.6 is 37.2 Å². The minimum atomic E-state index is -4.09. The number of ether oxygens (including phenoxy) is 3. The van der Waals surface area contributed by atoms with E-state index in [1.165, 1.54) is 0 Å². The monoisotopic (exact) mass is 780 g/mol. The van der Waals surface area contributed by atoms with Gasteiger partial charge in [0, 0.05) is 29.5 Å². The number of phosphoric ester groups is 2. The molecule has 0 aliphatic heterocycles. The molecule has 2 atom stereocenters. The van der Waals surface area contributed by atoms with E-state index in [-0.39, 0.29) is 19.8 Å². The van der Waals surface area contributed by atoms with Crippen molar-refractivity contribution in [3.8, 4) is 0 Å². The minimum Gasteiger partial charge on any atom is -0.379 e. The van der Waals surface area contributed by atoms with Crippen LogP contribution < -0.4 is 0 Å². The first kappa shape index (κ1) is 49.1. The van der Waals surface area contributed by atoms with Crippen LogP contribution in [0.4, 0.5) is 0 Å². The Hall–Kier alpha value is 0.140. The van der Waals surface area contributed by atoms with Crippen LogP contribution in [0.2, 0.25) is 0 Å². The normalized spacial score (nSPS) is 14.9. The van der Waals surface area contributed by atoms with E-state index >= 15 is 0 Å². The van der Waals surface area contributed by atoms with Gasteiger partial charge in [0.05, 0.1) is 57.5 Å². The Morgan fingerprint density at radius 2 is 0.878 bits per heavy atom. The molecule has 0 aromatic carbocycles. The highest BCUT2D eigenvalue weighted by Gasteiger charge is 2.29. The van der Waals surface area contributed by atoms with Gasteiger partial charge in [-0.1, -0.05) is 40.9 Å². The third kappa shape index (κ3) is 37.7. The van der Waals surface area contributed by atoms with Gasteiger partial charge in [-0.05, 0) is 99.3 Å². The molecule has 0 rings (SSSR count). The highest BCUT2D eigenvalue weighted by Crippen LogP contribution is 2.47. The Balaban J connectivity index is 3.43. The molecule has 292 valence electrons. The molecule has 0 heterocycles. The maximum Gasteiger partial charge on any atom is 0.472 e. The summed E-state index contributed by atoms with van der Waals surface area (Å²) in [6.07, 6.45) is 10.8. The molecule has 0 saturated heterocycles. The van der Waals surface area contributed by atoms with Gasteiger partial charge in [0.15, 0.2) is 0 Å². The van der Waals surface area contributed by atoms with E-state index in [0.717, 1.165) is 93.6 Å². The van der Waals surface area contributed by atoms with E-state index in [4.69, 9.17) is 43.1 Å². The summed E-state index contributed by atoms with van der Waals surface area (Å²) in [6, 6.07) is 0. The lowest BCUT2D eigenvalue weighted by Crippen LogP contribution is -2.19. The summed E-state index contributed by atoms with van der Waals surface area (Å²) in [4.78, 5) is 19.3. The summed E-state index contributed by atoms with van der Waals surface area (Å²) in [5.74, 6) is 2.05.